The molecule has 0 saturated heterocycles. The van der Waals surface area contributed by atoms with Crippen molar-refractivity contribution in [3.8, 4) is 5.75 Å². The molecule has 0 fully saturated rings. The number of hydrogen-bond acceptors (Lipinski definition) is 6. The van der Waals surface area contributed by atoms with E-state index in [2.05, 4.69) is 4.98 Å². The third-order valence-corrected chi connectivity index (χ3v) is 8.39. The van der Waals surface area contributed by atoms with Crippen molar-refractivity contribution < 1.29 is 17.9 Å². The van der Waals surface area contributed by atoms with Gasteiger partial charge < -0.3 is 9.64 Å². The number of aryl methyl sites for hydroxylation is 1. The van der Waals surface area contributed by atoms with Crippen LogP contribution in [0.5, 0.6) is 5.75 Å². The summed E-state index contributed by atoms with van der Waals surface area (Å²) >= 11 is 1.51. The Labute approximate surface area is 198 Å². The lowest BCUT2D eigenvalue weighted by Gasteiger charge is -2.30. The van der Waals surface area contributed by atoms with Gasteiger partial charge in [-0.05, 0) is 54.8 Å². The Hall–Kier alpha value is -2.75. The van der Waals surface area contributed by atoms with Crippen LogP contribution < -0.4 is 9.64 Å². The van der Waals surface area contributed by atoms with Gasteiger partial charge in [0.15, 0.2) is 0 Å². The van der Waals surface area contributed by atoms with Crippen LogP contribution in [0.15, 0.2) is 58.3 Å². The number of benzene rings is 2. The molecule has 2 heterocycles. The van der Waals surface area contributed by atoms with Crippen LogP contribution in [-0.4, -0.2) is 43.2 Å². The zero-order valence-corrected chi connectivity index (χ0v) is 20.4. The van der Waals surface area contributed by atoms with Gasteiger partial charge in [0.25, 0.3) is 5.91 Å². The Balaban J connectivity index is 1.57. The van der Waals surface area contributed by atoms with Crippen molar-refractivity contribution in [1.29, 1.82) is 0 Å². The number of carbonyl (C=O) groups excluding carboxylic acids is 1. The lowest BCUT2D eigenvalue weighted by Crippen LogP contribution is -2.36. The maximum absolute atomic E-state index is 13.4. The summed E-state index contributed by atoms with van der Waals surface area (Å²) in [5.41, 5.74) is 4.76. The van der Waals surface area contributed by atoms with E-state index in [-0.39, 0.29) is 10.8 Å². The van der Waals surface area contributed by atoms with Crippen LogP contribution in [0.4, 0.5) is 5.69 Å². The summed E-state index contributed by atoms with van der Waals surface area (Å²) in [6, 6.07) is 12.2. The molecule has 0 atom stereocenters. The molecule has 3 aromatic rings. The van der Waals surface area contributed by atoms with E-state index >= 15 is 0 Å². The molecule has 33 heavy (non-hydrogen) atoms. The van der Waals surface area contributed by atoms with Crippen molar-refractivity contribution in [2.75, 3.05) is 24.5 Å². The van der Waals surface area contributed by atoms with Crippen molar-refractivity contribution in [3.63, 3.8) is 0 Å². The number of nitrogens with zero attached hydrogens (tertiary/aromatic N) is 3. The fraction of sp³-hybridized carbons (Fsp3) is 0.333. The normalized spacial score (nSPS) is 13.7. The SMILES string of the molecule is CCN(CC)S(=O)(=O)c1ccc2c(c1)CCCN2C(=O)c1cccc(OCc2cscn2)c1. The van der Waals surface area contributed by atoms with Gasteiger partial charge in [-0.3, -0.25) is 4.79 Å². The molecule has 9 heteroatoms. The maximum Gasteiger partial charge on any atom is 0.258 e. The maximum atomic E-state index is 13.4. The second kappa shape index (κ2) is 10.0. The number of fused-ring (bicyclic) bond motifs is 1. The average molecular weight is 486 g/mol. The highest BCUT2D eigenvalue weighted by molar-refractivity contribution is 7.89. The summed E-state index contributed by atoms with van der Waals surface area (Å²) in [6.45, 7) is 5.42. The monoisotopic (exact) mass is 485 g/mol. The molecule has 174 valence electrons. The van der Waals surface area contributed by atoms with Crippen molar-refractivity contribution in [2.45, 2.75) is 38.2 Å². The van der Waals surface area contributed by atoms with E-state index < -0.39 is 10.0 Å². The predicted octanol–water partition coefficient (Wildman–Crippen LogP) is 4.35. The number of aromatic nitrogens is 1. The Morgan fingerprint density at radius 1 is 1.18 bits per heavy atom. The molecule has 0 saturated carbocycles. The Morgan fingerprint density at radius 2 is 2.00 bits per heavy atom. The number of thiazole rings is 1. The molecule has 1 aromatic heterocycles. The Kier molecular flexibility index (Phi) is 7.11. The van der Waals surface area contributed by atoms with Gasteiger partial charge in [0, 0.05) is 36.3 Å². The molecule has 0 unspecified atom stereocenters. The minimum absolute atomic E-state index is 0.130. The first-order valence-corrected chi connectivity index (χ1v) is 13.4. The van der Waals surface area contributed by atoms with E-state index in [1.54, 1.807) is 46.8 Å². The van der Waals surface area contributed by atoms with Crippen LogP contribution in [-0.2, 0) is 23.1 Å². The second-order valence-corrected chi connectivity index (χ2v) is 10.4. The molecule has 0 bridgehead atoms. The molecule has 0 radical (unpaired) electrons. The van der Waals surface area contributed by atoms with Crippen molar-refractivity contribution in [1.82, 2.24) is 9.29 Å². The van der Waals surface area contributed by atoms with E-state index in [9.17, 15) is 13.2 Å². The molecule has 7 nitrogen and oxygen atoms in total. The topological polar surface area (TPSA) is 79.8 Å². The van der Waals surface area contributed by atoms with E-state index in [0.29, 0.717) is 37.6 Å². The first-order chi connectivity index (χ1) is 15.9. The smallest absolute Gasteiger partial charge is 0.258 e. The summed E-state index contributed by atoms with van der Waals surface area (Å²) < 4.78 is 33.1. The molecule has 2 aromatic carbocycles. The van der Waals surface area contributed by atoms with Crippen LogP contribution in [0.2, 0.25) is 0 Å². The van der Waals surface area contributed by atoms with Gasteiger partial charge in [0.05, 0.1) is 16.1 Å². The van der Waals surface area contributed by atoms with E-state index in [4.69, 9.17) is 4.74 Å². The highest BCUT2D eigenvalue weighted by Gasteiger charge is 2.27. The third kappa shape index (κ3) is 4.95. The molecule has 0 N–H and O–H groups in total. The van der Waals surface area contributed by atoms with Crippen molar-refractivity contribution in [3.05, 3.63) is 70.2 Å². The summed E-state index contributed by atoms with van der Waals surface area (Å²) in [4.78, 5) is 19.6. The van der Waals surface area contributed by atoms with Crippen molar-refractivity contribution >= 4 is 33.0 Å². The van der Waals surface area contributed by atoms with E-state index in [1.165, 1.54) is 15.6 Å². The fourth-order valence-electron chi connectivity index (χ4n) is 4.00. The first kappa shape index (κ1) is 23.4. The molecule has 1 aliphatic heterocycles. The number of carbonyl (C=O) groups is 1. The summed E-state index contributed by atoms with van der Waals surface area (Å²) in [5.74, 6) is 0.473. The number of sulfonamides is 1. The minimum Gasteiger partial charge on any atom is -0.487 e. The Morgan fingerprint density at radius 3 is 2.73 bits per heavy atom. The molecule has 1 amide bonds. The third-order valence-electron chi connectivity index (χ3n) is 5.71. The molecular formula is C24H27N3O4S2. The lowest BCUT2D eigenvalue weighted by molar-refractivity contribution is 0.0984. The van der Waals surface area contributed by atoms with E-state index in [0.717, 1.165) is 29.8 Å². The number of rotatable bonds is 8. The van der Waals surface area contributed by atoms with Crippen LogP contribution in [0, 0.1) is 0 Å². The fourth-order valence-corrected chi connectivity index (χ4v) is 6.05. The van der Waals surface area contributed by atoms with Gasteiger partial charge in [-0.1, -0.05) is 19.9 Å². The number of amides is 1. The number of ether oxygens (including phenoxy) is 1. The molecule has 0 aliphatic carbocycles. The average Bonchev–Trinajstić information content (AvgIpc) is 3.36. The lowest BCUT2D eigenvalue weighted by atomic mass is 10.0. The van der Waals surface area contributed by atoms with Crippen LogP contribution in [0.3, 0.4) is 0 Å². The quantitative estimate of drug-likeness (QED) is 0.474. The summed E-state index contributed by atoms with van der Waals surface area (Å²) in [5, 5.41) is 1.92. The largest absolute Gasteiger partial charge is 0.487 e. The summed E-state index contributed by atoms with van der Waals surface area (Å²) in [7, 11) is -3.55. The van der Waals surface area contributed by atoms with E-state index in [1.807, 2.05) is 25.3 Å². The van der Waals surface area contributed by atoms with Gasteiger partial charge in [-0.2, -0.15) is 4.31 Å². The highest BCUT2D eigenvalue weighted by atomic mass is 32.2. The highest BCUT2D eigenvalue weighted by Crippen LogP contribution is 2.32. The summed E-state index contributed by atoms with van der Waals surface area (Å²) in [6.07, 6.45) is 1.51. The standard InChI is InChI=1S/C24H27N3O4S2/c1-3-26(4-2)33(29,30)22-10-11-23-18(14-22)8-6-12-27(23)24(28)19-7-5-9-21(13-19)31-15-20-16-32-17-25-20/h5,7,9-11,13-14,16-17H,3-4,6,8,12,15H2,1-2H3. The molecule has 1 aliphatic rings. The van der Waals surface area contributed by atoms with Gasteiger partial charge in [-0.15, -0.1) is 11.3 Å². The van der Waals surface area contributed by atoms with Gasteiger partial charge in [0.1, 0.15) is 12.4 Å². The van der Waals surface area contributed by atoms with Crippen LogP contribution >= 0.6 is 11.3 Å². The minimum atomic E-state index is -3.55. The first-order valence-electron chi connectivity index (χ1n) is 11.0. The van der Waals surface area contributed by atoms with Gasteiger partial charge in [-0.25, -0.2) is 13.4 Å². The molecule has 0 spiro atoms. The van der Waals surface area contributed by atoms with Crippen molar-refractivity contribution in [2.24, 2.45) is 0 Å². The second-order valence-electron chi connectivity index (χ2n) is 7.74. The van der Waals surface area contributed by atoms with Crippen LogP contribution in [0.25, 0.3) is 0 Å². The molecular weight excluding hydrogens is 458 g/mol. The zero-order chi connectivity index (χ0) is 23.4. The zero-order valence-electron chi connectivity index (χ0n) is 18.7. The predicted molar refractivity (Wildman–Crippen MR) is 129 cm³/mol. The number of hydrogen-bond donors (Lipinski definition) is 0. The Bertz CT molecular complexity index is 1220. The van der Waals surface area contributed by atoms with Gasteiger partial charge in [0.2, 0.25) is 10.0 Å². The van der Waals surface area contributed by atoms with Crippen LogP contribution in [0.1, 0.15) is 41.9 Å². The number of anilines is 1. The van der Waals surface area contributed by atoms with Gasteiger partial charge >= 0.3 is 0 Å². The molecule has 4 rings (SSSR count).